The lowest BCUT2D eigenvalue weighted by Gasteiger charge is -2.00. The molecule has 0 aliphatic carbocycles. The highest BCUT2D eigenvalue weighted by atomic mass is 19.1. The maximum Gasteiger partial charge on any atom is 0.189 e. The second-order valence-electron chi connectivity index (χ2n) is 3.08. The first-order chi connectivity index (χ1) is 7.15. The van der Waals surface area contributed by atoms with Gasteiger partial charge >= 0.3 is 0 Å². The van der Waals surface area contributed by atoms with Crippen LogP contribution in [0.1, 0.15) is 11.4 Å². The van der Waals surface area contributed by atoms with Gasteiger partial charge in [-0.2, -0.15) is 0 Å². The fraction of sp³-hybridized carbons (Fsp3) is 0.111. The zero-order chi connectivity index (χ0) is 11.0. The number of fused-ring (bicyclic) bond motifs is 1. The number of halogens is 1. The lowest BCUT2D eigenvalue weighted by Crippen LogP contribution is -2.16. The standard InChI is InChI=1S/C9H9FN4O/c1-5-7(8(11)13-15)14-4-2-3-6(10)9(14)12-5/h2-4,15H,1H3,(H2,11,13). The maximum absolute atomic E-state index is 13.3. The number of oxime groups is 1. The Morgan fingerprint density at radius 1 is 1.67 bits per heavy atom. The summed E-state index contributed by atoms with van der Waals surface area (Å²) in [6, 6.07) is 2.83. The molecule has 0 fully saturated rings. The first-order valence-electron chi connectivity index (χ1n) is 4.26. The van der Waals surface area contributed by atoms with Crippen LogP contribution in [-0.2, 0) is 0 Å². The monoisotopic (exact) mass is 208 g/mol. The van der Waals surface area contributed by atoms with E-state index in [1.165, 1.54) is 16.5 Å². The third-order valence-corrected chi connectivity index (χ3v) is 2.13. The number of hydrogen-bond acceptors (Lipinski definition) is 3. The molecule has 2 rings (SSSR count). The van der Waals surface area contributed by atoms with Crippen molar-refractivity contribution in [2.75, 3.05) is 0 Å². The van der Waals surface area contributed by atoms with Crippen molar-refractivity contribution >= 4 is 11.5 Å². The van der Waals surface area contributed by atoms with E-state index in [0.29, 0.717) is 11.4 Å². The molecule has 0 aromatic carbocycles. The summed E-state index contributed by atoms with van der Waals surface area (Å²) < 4.78 is 14.8. The number of nitrogens with zero attached hydrogens (tertiary/aromatic N) is 3. The van der Waals surface area contributed by atoms with Crippen LogP contribution in [0.5, 0.6) is 0 Å². The molecule has 2 aromatic rings. The molecule has 3 N–H and O–H groups in total. The predicted molar refractivity (Wildman–Crippen MR) is 52.4 cm³/mol. The third kappa shape index (κ3) is 1.30. The van der Waals surface area contributed by atoms with Gasteiger partial charge in [0, 0.05) is 6.20 Å². The van der Waals surface area contributed by atoms with Crippen LogP contribution in [0.3, 0.4) is 0 Å². The minimum Gasteiger partial charge on any atom is -0.409 e. The fourth-order valence-corrected chi connectivity index (χ4v) is 1.50. The molecule has 0 bridgehead atoms. The largest absolute Gasteiger partial charge is 0.409 e. The van der Waals surface area contributed by atoms with Crippen LogP contribution in [0.4, 0.5) is 4.39 Å². The number of hydrogen-bond donors (Lipinski definition) is 2. The molecule has 78 valence electrons. The lowest BCUT2D eigenvalue weighted by molar-refractivity contribution is 0.318. The van der Waals surface area contributed by atoms with Crippen LogP contribution in [0.2, 0.25) is 0 Å². The smallest absolute Gasteiger partial charge is 0.189 e. The van der Waals surface area contributed by atoms with Crippen molar-refractivity contribution in [1.29, 1.82) is 0 Å². The molecular weight excluding hydrogens is 199 g/mol. The highest BCUT2D eigenvalue weighted by Crippen LogP contribution is 2.14. The molecule has 0 amide bonds. The Hall–Kier alpha value is -2.11. The van der Waals surface area contributed by atoms with Crippen molar-refractivity contribution in [2.45, 2.75) is 6.92 Å². The molecule has 2 heterocycles. The van der Waals surface area contributed by atoms with E-state index in [0.717, 1.165) is 0 Å². The summed E-state index contributed by atoms with van der Waals surface area (Å²) in [5, 5.41) is 11.5. The maximum atomic E-state index is 13.3. The number of rotatable bonds is 1. The van der Waals surface area contributed by atoms with E-state index in [4.69, 9.17) is 10.9 Å². The Kier molecular flexibility index (Phi) is 2.03. The average Bonchev–Trinajstić information content (AvgIpc) is 2.55. The first kappa shape index (κ1) is 9.45. The molecule has 15 heavy (non-hydrogen) atoms. The van der Waals surface area contributed by atoms with Gasteiger partial charge in [0.1, 0.15) is 5.69 Å². The van der Waals surface area contributed by atoms with Gasteiger partial charge < -0.3 is 10.9 Å². The second kappa shape index (κ2) is 3.23. The summed E-state index contributed by atoms with van der Waals surface area (Å²) in [5.74, 6) is -0.539. The second-order valence-corrected chi connectivity index (χ2v) is 3.08. The van der Waals surface area contributed by atoms with Crippen molar-refractivity contribution in [3.8, 4) is 0 Å². The van der Waals surface area contributed by atoms with Crippen LogP contribution in [0.15, 0.2) is 23.5 Å². The summed E-state index contributed by atoms with van der Waals surface area (Å²) in [7, 11) is 0. The van der Waals surface area contributed by atoms with Crippen LogP contribution in [0.25, 0.3) is 5.65 Å². The summed E-state index contributed by atoms with van der Waals surface area (Å²) in [6.45, 7) is 1.67. The van der Waals surface area contributed by atoms with Crippen molar-refractivity contribution in [3.05, 3.63) is 35.5 Å². The number of aromatic nitrogens is 2. The highest BCUT2D eigenvalue weighted by molar-refractivity contribution is 5.97. The number of aryl methyl sites for hydroxylation is 1. The Balaban J connectivity index is 2.85. The van der Waals surface area contributed by atoms with E-state index >= 15 is 0 Å². The Morgan fingerprint density at radius 2 is 2.40 bits per heavy atom. The molecular formula is C9H9FN4O. The molecule has 0 atom stereocenters. The van der Waals surface area contributed by atoms with Crippen molar-refractivity contribution in [3.63, 3.8) is 0 Å². The lowest BCUT2D eigenvalue weighted by atomic mass is 10.3. The molecule has 0 aliphatic heterocycles. The van der Waals surface area contributed by atoms with E-state index in [1.54, 1.807) is 13.1 Å². The SMILES string of the molecule is Cc1nc2c(F)cccn2c1/C(N)=N\O. The average molecular weight is 208 g/mol. The van der Waals surface area contributed by atoms with Gasteiger partial charge in [0.2, 0.25) is 0 Å². The van der Waals surface area contributed by atoms with Gasteiger partial charge in [0.15, 0.2) is 17.3 Å². The van der Waals surface area contributed by atoms with Crippen LogP contribution < -0.4 is 5.73 Å². The molecule has 0 saturated heterocycles. The molecule has 0 saturated carbocycles. The Labute approximate surface area is 84.6 Å². The zero-order valence-electron chi connectivity index (χ0n) is 7.98. The van der Waals surface area contributed by atoms with Gasteiger partial charge in [-0.1, -0.05) is 5.16 Å². The van der Waals surface area contributed by atoms with E-state index < -0.39 is 5.82 Å². The fourth-order valence-electron chi connectivity index (χ4n) is 1.50. The van der Waals surface area contributed by atoms with Crippen LogP contribution >= 0.6 is 0 Å². The number of pyridine rings is 1. The first-order valence-corrected chi connectivity index (χ1v) is 4.26. The number of imidazole rings is 1. The predicted octanol–water partition coefficient (Wildman–Crippen LogP) is 0.876. The van der Waals surface area contributed by atoms with E-state index in [-0.39, 0.29) is 11.5 Å². The van der Waals surface area contributed by atoms with E-state index in [9.17, 15) is 4.39 Å². The van der Waals surface area contributed by atoms with Gasteiger partial charge in [-0.15, -0.1) is 0 Å². The summed E-state index contributed by atoms with van der Waals surface area (Å²) in [6.07, 6.45) is 1.60. The van der Waals surface area contributed by atoms with Gasteiger partial charge in [-0.25, -0.2) is 9.37 Å². The van der Waals surface area contributed by atoms with Gasteiger partial charge in [-0.3, -0.25) is 4.40 Å². The Bertz CT molecular complexity index is 546. The van der Waals surface area contributed by atoms with Crippen molar-refractivity contribution in [1.82, 2.24) is 9.38 Å². The molecule has 2 aromatic heterocycles. The summed E-state index contributed by atoms with van der Waals surface area (Å²) >= 11 is 0. The van der Waals surface area contributed by atoms with Gasteiger partial charge in [0.05, 0.1) is 5.69 Å². The number of nitrogens with two attached hydrogens (primary N) is 1. The minimum atomic E-state index is -0.447. The molecule has 0 unspecified atom stereocenters. The molecule has 0 radical (unpaired) electrons. The quantitative estimate of drug-likeness (QED) is 0.316. The number of amidine groups is 1. The molecule has 5 nitrogen and oxygen atoms in total. The van der Waals surface area contributed by atoms with Gasteiger partial charge in [-0.05, 0) is 19.1 Å². The molecule has 0 spiro atoms. The highest BCUT2D eigenvalue weighted by Gasteiger charge is 2.14. The van der Waals surface area contributed by atoms with Crippen molar-refractivity contribution in [2.24, 2.45) is 10.9 Å². The summed E-state index contributed by atoms with van der Waals surface area (Å²) in [5.41, 5.74) is 6.54. The van der Waals surface area contributed by atoms with Crippen molar-refractivity contribution < 1.29 is 9.60 Å². The Morgan fingerprint density at radius 3 is 3.07 bits per heavy atom. The van der Waals surface area contributed by atoms with E-state index in [2.05, 4.69) is 10.1 Å². The summed E-state index contributed by atoms with van der Waals surface area (Å²) in [4.78, 5) is 4.00. The van der Waals surface area contributed by atoms with Crippen LogP contribution in [-0.4, -0.2) is 20.4 Å². The minimum absolute atomic E-state index is 0.0920. The van der Waals surface area contributed by atoms with E-state index in [1.807, 2.05) is 0 Å². The molecule has 6 heteroatoms. The third-order valence-electron chi connectivity index (χ3n) is 2.13. The van der Waals surface area contributed by atoms with Crippen LogP contribution in [0, 0.1) is 12.7 Å². The topological polar surface area (TPSA) is 75.9 Å². The van der Waals surface area contributed by atoms with Gasteiger partial charge in [0.25, 0.3) is 0 Å². The molecule has 0 aliphatic rings. The normalized spacial score (nSPS) is 12.3. The zero-order valence-corrected chi connectivity index (χ0v) is 7.98.